The topological polar surface area (TPSA) is 72.8 Å². The number of methoxy groups -OCH3 is 1. The van der Waals surface area contributed by atoms with Gasteiger partial charge in [-0.2, -0.15) is 0 Å². The van der Waals surface area contributed by atoms with Crippen molar-refractivity contribution in [2.24, 2.45) is 10.8 Å². The molecule has 1 fully saturated rings. The summed E-state index contributed by atoms with van der Waals surface area (Å²) in [5, 5.41) is 9.98. The van der Waals surface area contributed by atoms with Crippen molar-refractivity contribution in [1.82, 2.24) is 0 Å². The third kappa shape index (κ3) is 5.24. The molecular weight excluding hydrogens is 416 g/mol. The normalized spacial score (nSPS) is 29.1. The maximum atomic E-state index is 13.3. The molecule has 1 heterocycles. The summed E-state index contributed by atoms with van der Waals surface area (Å²) < 4.78 is 11.7. The van der Waals surface area contributed by atoms with Gasteiger partial charge in [-0.3, -0.25) is 9.59 Å². The Labute approximate surface area is 197 Å². The largest absolute Gasteiger partial charge is 0.497 e. The van der Waals surface area contributed by atoms with E-state index in [1.54, 1.807) is 21.0 Å². The highest BCUT2D eigenvalue weighted by atomic mass is 16.5. The Morgan fingerprint density at radius 2 is 1.88 bits per heavy atom. The van der Waals surface area contributed by atoms with Gasteiger partial charge in [0.1, 0.15) is 22.9 Å². The molecule has 0 amide bonds. The van der Waals surface area contributed by atoms with Crippen molar-refractivity contribution in [3.8, 4) is 11.5 Å². The Morgan fingerprint density at radius 3 is 2.52 bits per heavy atom. The first-order valence-electron chi connectivity index (χ1n) is 11.7. The van der Waals surface area contributed by atoms with E-state index in [2.05, 4.69) is 6.92 Å². The van der Waals surface area contributed by atoms with E-state index >= 15 is 0 Å². The maximum absolute atomic E-state index is 13.3. The minimum absolute atomic E-state index is 0.0176. The highest BCUT2D eigenvalue weighted by Crippen LogP contribution is 2.56. The second-order valence-corrected chi connectivity index (χ2v) is 11.1. The lowest BCUT2D eigenvalue weighted by Gasteiger charge is -2.40. The van der Waals surface area contributed by atoms with E-state index in [1.165, 1.54) is 12.2 Å². The standard InChI is InChI=1S/C28H38O5/c1-19-15-22(32-7)16-20-9-14-27(5,33-24(19)20)18-21(29)17-26(4)11-8-12-28(26,6)23(30)10-13-25(2,3)31/h9-10,13-16,31H,8,11-12,17-18H2,1-7H3/b13-10-/t26-,27-,28+/m0/s1. The number of ether oxygens (including phenoxy) is 2. The molecule has 0 spiro atoms. The minimum Gasteiger partial charge on any atom is -0.497 e. The van der Waals surface area contributed by atoms with Gasteiger partial charge in [0.15, 0.2) is 5.78 Å². The molecule has 1 aliphatic carbocycles. The van der Waals surface area contributed by atoms with Crippen LogP contribution in [0.5, 0.6) is 11.5 Å². The Kier molecular flexibility index (Phi) is 6.69. The number of hydrogen-bond donors (Lipinski definition) is 1. The van der Waals surface area contributed by atoms with E-state index in [9.17, 15) is 14.7 Å². The molecule has 3 rings (SSSR count). The van der Waals surface area contributed by atoms with E-state index in [-0.39, 0.29) is 18.0 Å². The monoisotopic (exact) mass is 454 g/mol. The number of carbonyl (C=O) groups excluding carboxylic acids is 2. The Balaban J connectivity index is 1.75. The molecule has 0 saturated heterocycles. The molecule has 5 heteroatoms. The van der Waals surface area contributed by atoms with E-state index in [1.807, 2.05) is 45.1 Å². The zero-order valence-electron chi connectivity index (χ0n) is 21.1. The second-order valence-electron chi connectivity index (χ2n) is 11.1. The molecule has 5 nitrogen and oxygen atoms in total. The van der Waals surface area contributed by atoms with Gasteiger partial charge in [-0.05, 0) is 75.8 Å². The Bertz CT molecular complexity index is 998. The van der Waals surface area contributed by atoms with E-state index in [4.69, 9.17) is 9.47 Å². The Hall–Kier alpha value is -2.40. The summed E-state index contributed by atoms with van der Waals surface area (Å²) in [6.07, 6.45) is 10.0. The number of fused-ring (bicyclic) bond motifs is 1. The number of hydrogen-bond acceptors (Lipinski definition) is 5. The number of aliphatic hydroxyl groups is 1. The first-order valence-corrected chi connectivity index (χ1v) is 11.7. The lowest BCUT2D eigenvalue weighted by atomic mass is 9.62. The summed E-state index contributed by atoms with van der Waals surface area (Å²) in [5.41, 5.74) is -0.938. The first kappa shape index (κ1) is 25.2. The van der Waals surface area contributed by atoms with Gasteiger partial charge in [0, 0.05) is 23.8 Å². The zero-order valence-corrected chi connectivity index (χ0v) is 21.1. The Morgan fingerprint density at radius 1 is 1.18 bits per heavy atom. The van der Waals surface area contributed by atoms with Crippen LogP contribution in [0.1, 0.15) is 77.8 Å². The van der Waals surface area contributed by atoms with E-state index < -0.39 is 22.0 Å². The number of ketones is 2. The van der Waals surface area contributed by atoms with Crippen LogP contribution >= 0.6 is 0 Å². The number of rotatable bonds is 8. The van der Waals surface area contributed by atoms with E-state index in [0.717, 1.165) is 41.9 Å². The number of allylic oxidation sites excluding steroid dienone is 1. The quantitative estimate of drug-likeness (QED) is 0.517. The van der Waals surface area contributed by atoms with Gasteiger partial charge in [-0.15, -0.1) is 0 Å². The van der Waals surface area contributed by atoms with Crippen LogP contribution in [0.2, 0.25) is 0 Å². The SMILES string of the molecule is COc1cc(C)c2c(c1)C=C[C@@](C)(CC(=O)C[C@]1(C)CCC[C@]1(C)C(=O)/C=C\C(C)(C)O)O2. The molecule has 0 aromatic heterocycles. The van der Waals surface area contributed by atoms with Crippen molar-refractivity contribution >= 4 is 17.6 Å². The minimum atomic E-state index is -1.05. The van der Waals surface area contributed by atoms with E-state index in [0.29, 0.717) is 6.42 Å². The van der Waals surface area contributed by atoms with Crippen LogP contribution in [-0.4, -0.2) is 35.0 Å². The van der Waals surface area contributed by atoms with Gasteiger partial charge in [0.25, 0.3) is 0 Å². The molecule has 1 aromatic rings. The molecule has 1 aliphatic heterocycles. The van der Waals surface area contributed by atoms with Gasteiger partial charge in [0.2, 0.25) is 0 Å². The van der Waals surface area contributed by atoms with Gasteiger partial charge < -0.3 is 14.6 Å². The van der Waals surface area contributed by atoms with Crippen LogP contribution in [0.25, 0.3) is 6.08 Å². The summed E-state index contributed by atoms with van der Waals surface area (Å²) in [5.74, 6) is 1.62. The lowest BCUT2D eigenvalue weighted by molar-refractivity contribution is -0.132. The van der Waals surface area contributed by atoms with Gasteiger partial charge in [-0.1, -0.05) is 32.4 Å². The third-order valence-electron chi connectivity index (χ3n) is 7.52. The fourth-order valence-corrected chi connectivity index (χ4v) is 5.24. The summed E-state index contributed by atoms with van der Waals surface area (Å²) in [6.45, 7) is 11.2. The van der Waals surface area contributed by atoms with Crippen LogP contribution < -0.4 is 9.47 Å². The van der Waals surface area contributed by atoms with Crippen molar-refractivity contribution < 1.29 is 24.2 Å². The van der Waals surface area contributed by atoms with Gasteiger partial charge >= 0.3 is 0 Å². The molecule has 180 valence electrons. The molecule has 2 aliphatic rings. The predicted molar refractivity (Wildman–Crippen MR) is 131 cm³/mol. The van der Waals surface area contributed by atoms with Gasteiger partial charge in [-0.25, -0.2) is 0 Å². The van der Waals surface area contributed by atoms with Crippen LogP contribution in [-0.2, 0) is 9.59 Å². The molecule has 3 atom stereocenters. The van der Waals surface area contributed by atoms with Crippen molar-refractivity contribution in [2.45, 2.75) is 84.8 Å². The molecule has 33 heavy (non-hydrogen) atoms. The zero-order chi connectivity index (χ0) is 24.7. The van der Waals surface area contributed by atoms with Crippen LogP contribution in [0.4, 0.5) is 0 Å². The fourth-order valence-electron chi connectivity index (χ4n) is 5.24. The number of aryl methyl sites for hydroxylation is 1. The molecule has 1 saturated carbocycles. The number of carbonyl (C=O) groups is 2. The smallest absolute Gasteiger partial charge is 0.161 e. The molecular formula is C28H38O5. The average molecular weight is 455 g/mol. The highest BCUT2D eigenvalue weighted by Gasteiger charge is 2.53. The molecule has 1 aromatic carbocycles. The molecule has 0 bridgehead atoms. The number of benzene rings is 1. The third-order valence-corrected chi connectivity index (χ3v) is 7.52. The fraction of sp³-hybridized carbons (Fsp3) is 0.571. The highest BCUT2D eigenvalue weighted by molar-refractivity contribution is 5.96. The van der Waals surface area contributed by atoms with Crippen molar-refractivity contribution in [3.63, 3.8) is 0 Å². The predicted octanol–water partition coefficient (Wildman–Crippen LogP) is 5.61. The van der Waals surface area contributed by atoms with Crippen molar-refractivity contribution in [3.05, 3.63) is 41.5 Å². The molecule has 0 unspecified atom stereocenters. The van der Waals surface area contributed by atoms with Crippen molar-refractivity contribution in [2.75, 3.05) is 7.11 Å². The van der Waals surface area contributed by atoms with Crippen LogP contribution in [0.3, 0.4) is 0 Å². The second kappa shape index (κ2) is 8.75. The number of Topliss-reactive ketones (excluding diaryl/α,β-unsaturated/α-hetero) is 1. The van der Waals surface area contributed by atoms with Crippen LogP contribution in [0, 0.1) is 17.8 Å². The van der Waals surface area contributed by atoms with Crippen molar-refractivity contribution in [1.29, 1.82) is 0 Å². The van der Waals surface area contributed by atoms with Crippen LogP contribution in [0.15, 0.2) is 30.4 Å². The summed E-state index contributed by atoms with van der Waals surface area (Å²) in [4.78, 5) is 26.4. The molecule has 1 N–H and O–H groups in total. The average Bonchev–Trinajstić information content (AvgIpc) is 3.00. The summed E-state index contributed by atoms with van der Waals surface area (Å²) in [6, 6.07) is 3.86. The summed E-state index contributed by atoms with van der Waals surface area (Å²) in [7, 11) is 1.64. The first-order chi connectivity index (χ1) is 15.2. The summed E-state index contributed by atoms with van der Waals surface area (Å²) >= 11 is 0. The molecule has 0 radical (unpaired) electrons. The maximum Gasteiger partial charge on any atom is 0.161 e. The lowest BCUT2D eigenvalue weighted by Crippen LogP contribution is -2.42. The van der Waals surface area contributed by atoms with Gasteiger partial charge in [0.05, 0.1) is 12.7 Å².